The van der Waals surface area contributed by atoms with Gasteiger partial charge in [0.2, 0.25) is 0 Å². The third-order valence-electron chi connectivity index (χ3n) is 6.86. The second-order valence-corrected chi connectivity index (χ2v) is 9.92. The number of hydrogen-bond acceptors (Lipinski definition) is 8. The SMILES string of the molecule is O=C(NCCC1CCN(c2cccc(-c3ccccc3N3CCOCC3)n2)CC1)OCc1cscn1. The van der Waals surface area contributed by atoms with Crippen molar-refractivity contribution in [1.29, 1.82) is 0 Å². The number of rotatable bonds is 8. The highest BCUT2D eigenvalue weighted by Crippen LogP contribution is 2.32. The molecule has 1 N–H and O–H groups in total. The maximum Gasteiger partial charge on any atom is 0.407 e. The van der Waals surface area contributed by atoms with Crippen LogP contribution in [0, 0.1) is 5.92 Å². The first-order valence-corrected chi connectivity index (χ1v) is 13.6. The molecular formula is C27H33N5O3S. The Balaban J connectivity index is 1.12. The quantitative estimate of drug-likeness (QED) is 0.478. The van der Waals surface area contributed by atoms with Crippen LogP contribution in [0.1, 0.15) is 25.0 Å². The van der Waals surface area contributed by atoms with Crippen LogP contribution in [0.25, 0.3) is 11.3 Å². The first-order chi connectivity index (χ1) is 17.8. The fraction of sp³-hybridized carbons (Fsp3) is 0.444. The number of anilines is 2. The van der Waals surface area contributed by atoms with Crippen molar-refractivity contribution in [3.63, 3.8) is 0 Å². The average Bonchev–Trinajstić information content (AvgIpc) is 3.47. The number of thiazole rings is 1. The van der Waals surface area contributed by atoms with Crippen LogP contribution >= 0.6 is 11.3 Å². The maximum absolute atomic E-state index is 11.9. The topological polar surface area (TPSA) is 79.8 Å². The summed E-state index contributed by atoms with van der Waals surface area (Å²) in [5, 5.41) is 4.75. The van der Waals surface area contributed by atoms with Gasteiger partial charge in [-0.1, -0.05) is 24.3 Å². The Labute approximate surface area is 216 Å². The lowest BCUT2D eigenvalue weighted by molar-refractivity contribution is 0.123. The van der Waals surface area contributed by atoms with Gasteiger partial charge in [0.15, 0.2) is 0 Å². The van der Waals surface area contributed by atoms with Crippen molar-refractivity contribution in [2.75, 3.05) is 55.7 Å². The molecule has 9 heteroatoms. The number of hydrogen-bond donors (Lipinski definition) is 1. The molecule has 2 aromatic heterocycles. The zero-order chi connectivity index (χ0) is 24.6. The predicted octanol–water partition coefficient (Wildman–Crippen LogP) is 4.57. The molecule has 4 heterocycles. The molecule has 190 valence electrons. The summed E-state index contributed by atoms with van der Waals surface area (Å²) in [4.78, 5) is 25.9. The molecule has 0 radical (unpaired) electrons. The average molecular weight is 508 g/mol. The van der Waals surface area contributed by atoms with Gasteiger partial charge < -0.3 is 24.6 Å². The number of carbonyl (C=O) groups excluding carboxylic acids is 1. The second-order valence-electron chi connectivity index (χ2n) is 9.20. The molecule has 0 atom stereocenters. The van der Waals surface area contributed by atoms with Gasteiger partial charge in [0.05, 0.1) is 30.1 Å². The summed E-state index contributed by atoms with van der Waals surface area (Å²) >= 11 is 1.49. The zero-order valence-corrected chi connectivity index (χ0v) is 21.3. The zero-order valence-electron chi connectivity index (χ0n) is 20.5. The number of nitrogens with zero attached hydrogens (tertiary/aromatic N) is 4. The predicted molar refractivity (Wildman–Crippen MR) is 143 cm³/mol. The van der Waals surface area contributed by atoms with E-state index in [-0.39, 0.29) is 12.7 Å². The Morgan fingerprint density at radius 2 is 1.89 bits per heavy atom. The van der Waals surface area contributed by atoms with Crippen molar-refractivity contribution < 1.29 is 14.3 Å². The summed E-state index contributed by atoms with van der Waals surface area (Å²) in [5.41, 5.74) is 5.92. The van der Waals surface area contributed by atoms with Gasteiger partial charge in [-0.25, -0.2) is 14.8 Å². The lowest BCUT2D eigenvalue weighted by Crippen LogP contribution is -2.36. The van der Waals surface area contributed by atoms with Crippen LogP contribution < -0.4 is 15.1 Å². The van der Waals surface area contributed by atoms with E-state index in [1.807, 2.05) is 5.38 Å². The van der Waals surface area contributed by atoms with E-state index in [1.54, 1.807) is 5.51 Å². The van der Waals surface area contributed by atoms with E-state index in [9.17, 15) is 4.79 Å². The van der Waals surface area contributed by atoms with E-state index in [0.717, 1.165) is 75.9 Å². The largest absolute Gasteiger partial charge is 0.443 e. The Morgan fingerprint density at radius 1 is 1.06 bits per heavy atom. The molecule has 36 heavy (non-hydrogen) atoms. The van der Waals surface area contributed by atoms with Crippen molar-refractivity contribution >= 4 is 28.9 Å². The molecule has 8 nitrogen and oxygen atoms in total. The number of carbonyl (C=O) groups is 1. The van der Waals surface area contributed by atoms with Gasteiger partial charge in [0, 0.05) is 49.4 Å². The van der Waals surface area contributed by atoms with Crippen LogP contribution in [0.4, 0.5) is 16.3 Å². The van der Waals surface area contributed by atoms with Crippen LogP contribution in [0.5, 0.6) is 0 Å². The van der Waals surface area contributed by atoms with Crippen LogP contribution in [-0.2, 0) is 16.1 Å². The van der Waals surface area contributed by atoms with Crippen molar-refractivity contribution in [1.82, 2.24) is 15.3 Å². The molecule has 2 aliphatic heterocycles. The van der Waals surface area contributed by atoms with E-state index in [1.165, 1.54) is 22.6 Å². The first kappa shape index (κ1) is 24.5. The van der Waals surface area contributed by atoms with Crippen LogP contribution in [0.15, 0.2) is 53.4 Å². The lowest BCUT2D eigenvalue weighted by atomic mass is 9.93. The van der Waals surface area contributed by atoms with Crippen molar-refractivity contribution in [3.05, 3.63) is 59.0 Å². The highest BCUT2D eigenvalue weighted by atomic mass is 32.1. The summed E-state index contributed by atoms with van der Waals surface area (Å²) in [6.07, 6.45) is 2.76. The molecule has 0 saturated carbocycles. The number of aromatic nitrogens is 2. The van der Waals surface area contributed by atoms with Crippen LogP contribution in [0.3, 0.4) is 0 Å². The number of ether oxygens (including phenoxy) is 2. The van der Waals surface area contributed by atoms with Crippen molar-refractivity contribution in [2.45, 2.75) is 25.9 Å². The Bertz CT molecular complexity index is 1110. The van der Waals surface area contributed by atoms with Crippen molar-refractivity contribution in [2.24, 2.45) is 5.92 Å². The van der Waals surface area contributed by atoms with Crippen LogP contribution in [0.2, 0.25) is 0 Å². The van der Waals surface area contributed by atoms with E-state index in [2.05, 4.69) is 62.6 Å². The summed E-state index contributed by atoms with van der Waals surface area (Å²) in [6, 6.07) is 14.9. The number of pyridine rings is 1. The molecule has 0 unspecified atom stereocenters. The molecule has 2 fully saturated rings. The number of morpholine rings is 1. The van der Waals surface area contributed by atoms with E-state index < -0.39 is 0 Å². The molecule has 0 spiro atoms. The Hall–Kier alpha value is -3.17. The highest BCUT2D eigenvalue weighted by Gasteiger charge is 2.21. The van der Waals surface area contributed by atoms with Gasteiger partial charge in [-0.3, -0.25) is 0 Å². The third-order valence-corrected chi connectivity index (χ3v) is 7.50. The van der Waals surface area contributed by atoms with Gasteiger partial charge in [0.1, 0.15) is 12.4 Å². The Kier molecular flexibility index (Phi) is 8.30. The standard InChI is InChI=1S/C27H33N5O3S/c33-27(35-18-22-19-36-20-29-22)28-11-8-21-9-12-32(13-10-21)26-7-3-5-24(30-26)23-4-1-2-6-25(23)31-14-16-34-17-15-31/h1-7,19-21H,8-18H2,(H,28,33). The normalized spacial score (nSPS) is 16.7. The molecule has 5 rings (SSSR count). The number of piperidine rings is 1. The molecule has 0 aliphatic carbocycles. The molecular weight excluding hydrogens is 474 g/mol. The minimum Gasteiger partial charge on any atom is -0.443 e. The van der Waals surface area contributed by atoms with Crippen molar-refractivity contribution in [3.8, 4) is 11.3 Å². The number of nitrogens with one attached hydrogen (secondary N) is 1. The van der Waals surface area contributed by atoms with Gasteiger partial charge >= 0.3 is 6.09 Å². The monoisotopic (exact) mass is 507 g/mol. The molecule has 1 amide bonds. The number of amides is 1. The maximum atomic E-state index is 11.9. The molecule has 3 aromatic rings. The fourth-order valence-corrected chi connectivity index (χ4v) is 5.39. The fourth-order valence-electron chi connectivity index (χ4n) is 4.85. The first-order valence-electron chi connectivity index (χ1n) is 12.7. The van der Waals surface area contributed by atoms with Gasteiger partial charge in [-0.2, -0.15) is 0 Å². The second kappa shape index (κ2) is 12.2. The number of alkyl carbamates (subject to hydrolysis) is 1. The van der Waals surface area contributed by atoms with Gasteiger partial charge in [0.25, 0.3) is 0 Å². The lowest BCUT2D eigenvalue weighted by Gasteiger charge is -2.33. The molecule has 0 bridgehead atoms. The van der Waals surface area contributed by atoms with E-state index in [4.69, 9.17) is 14.5 Å². The Morgan fingerprint density at radius 3 is 2.69 bits per heavy atom. The minimum atomic E-state index is -0.376. The molecule has 1 aromatic carbocycles. The van der Waals surface area contributed by atoms with E-state index >= 15 is 0 Å². The number of benzene rings is 1. The number of para-hydroxylation sites is 1. The van der Waals surface area contributed by atoms with Gasteiger partial charge in [-0.05, 0) is 43.4 Å². The summed E-state index contributed by atoms with van der Waals surface area (Å²) < 4.78 is 10.8. The van der Waals surface area contributed by atoms with Gasteiger partial charge in [-0.15, -0.1) is 11.3 Å². The third kappa shape index (κ3) is 6.33. The molecule has 2 saturated heterocycles. The van der Waals surface area contributed by atoms with E-state index in [0.29, 0.717) is 12.5 Å². The summed E-state index contributed by atoms with van der Waals surface area (Å²) in [6.45, 7) is 6.13. The highest BCUT2D eigenvalue weighted by molar-refractivity contribution is 7.07. The van der Waals surface area contributed by atoms with Crippen LogP contribution in [-0.4, -0.2) is 62.0 Å². The smallest absolute Gasteiger partial charge is 0.407 e. The minimum absolute atomic E-state index is 0.219. The summed E-state index contributed by atoms with van der Waals surface area (Å²) in [7, 11) is 0. The molecule has 2 aliphatic rings. The summed E-state index contributed by atoms with van der Waals surface area (Å²) in [5.74, 6) is 1.62.